The minimum absolute atomic E-state index is 0.125. The largest absolute Gasteiger partial charge is 0.412 e. The standard InChI is InChI=1S/C28H21ClF5N3O2S/c1-39-26(21-14-36-27-20(21)12-16(13-35-27)15-2-6-18(29)7-3-15)24-22(30)10-11-23(25(24)31)37-40(38)19-8-4-17(5-9-19)28(32,33)34/h2-4,6-8,10-14,26,37H,5,9H2,1H3,(H,35,36). The van der Waals surface area contributed by atoms with Crippen LogP contribution in [0.15, 0.2) is 77.5 Å². The van der Waals surface area contributed by atoms with Gasteiger partial charge in [0.25, 0.3) is 0 Å². The molecule has 4 aromatic rings. The number of fused-ring (bicyclic) bond motifs is 1. The number of H-pyrrole nitrogens is 1. The first kappa shape index (κ1) is 28.0. The number of hydrogen-bond acceptors (Lipinski definition) is 3. The van der Waals surface area contributed by atoms with Crippen LogP contribution in [-0.2, 0) is 15.7 Å². The van der Waals surface area contributed by atoms with Crippen molar-refractivity contribution < 1.29 is 30.9 Å². The molecule has 0 fully saturated rings. The Kier molecular flexibility index (Phi) is 7.80. The Hall–Kier alpha value is -3.54. The van der Waals surface area contributed by atoms with E-state index in [0.717, 1.165) is 35.4 Å². The fraction of sp³-hybridized carbons (Fsp3) is 0.179. The summed E-state index contributed by atoms with van der Waals surface area (Å²) < 4.78 is 90.4. The van der Waals surface area contributed by atoms with Crippen LogP contribution in [-0.4, -0.2) is 27.5 Å². The van der Waals surface area contributed by atoms with Gasteiger partial charge in [0, 0.05) is 51.5 Å². The van der Waals surface area contributed by atoms with Crippen molar-refractivity contribution in [3.05, 3.63) is 105 Å². The van der Waals surface area contributed by atoms with Crippen molar-refractivity contribution in [2.24, 2.45) is 0 Å². The fourth-order valence-corrected chi connectivity index (χ4v) is 5.60. The molecule has 2 aromatic heterocycles. The smallest absolute Gasteiger partial charge is 0.372 e. The molecule has 40 heavy (non-hydrogen) atoms. The van der Waals surface area contributed by atoms with E-state index in [1.807, 2.05) is 18.2 Å². The minimum atomic E-state index is -4.47. The third-order valence-electron chi connectivity index (χ3n) is 6.56. The second-order valence-corrected chi connectivity index (χ2v) is 10.7. The Morgan fingerprint density at radius 1 is 1.07 bits per heavy atom. The highest BCUT2D eigenvalue weighted by Gasteiger charge is 2.34. The van der Waals surface area contributed by atoms with E-state index in [2.05, 4.69) is 14.7 Å². The summed E-state index contributed by atoms with van der Waals surface area (Å²) >= 11 is 5.99. The second kappa shape index (κ2) is 11.1. The lowest BCUT2D eigenvalue weighted by molar-refractivity contribution is -0.0940. The highest BCUT2D eigenvalue weighted by Crippen LogP contribution is 2.38. The second-order valence-electron chi connectivity index (χ2n) is 9.00. The number of nitrogens with one attached hydrogen (secondary N) is 2. The summed E-state index contributed by atoms with van der Waals surface area (Å²) in [7, 11) is -0.754. The molecule has 12 heteroatoms. The van der Waals surface area contributed by atoms with Crippen LogP contribution in [0.1, 0.15) is 30.1 Å². The summed E-state index contributed by atoms with van der Waals surface area (Å²) in [6.07, 6.45) is -0.997. The molecule has 2 aromatic carbocycles. The predicted octanol–water partition coefficient (Wildman–Crippen LogP) is 8.14. The molecule has 0 aliphatic heterocycles. The predicted molar refractivity (Wildman–Crippen MR) is 145 cm³/mol. The molecule has 208 valence electrons. The van der Waals surface area contributed by atoms with Gasteiger partial charge in [-0.15, -0.1) is 0 Å². The van der Waals surface area contributed by atoms with Crippen LogP contribution in [0.3, 0.4) is 0 Å². The molecule has 1 aliphatic rings. The van der Waals surface area contributed by atoms with Gasteiger partial charge in [0.15, 0.2) is 5.82 Å². The van der Waals surface area contributed by atoms with Crippen molar-refractivity contribution in [2.75, 3.05) is 11.8 Å². The summed E-state index contributed by atoms with van der Waals surface area (Å²) in [6, 6.07) is 11.0. The van der Waals surface area contributed by atoms with Crippen LogP contribution in [0.2, 0.25) is 5.02 Å². The van der Waals surface area contributed by atoms with Gasteiger partial charge in [0.2, 0.25) is 0 Å². The van der Waals surface area contributed by atoms with Crippen molar-refractivity contribution in [1.29, 1.82) is 0 Å². The van der Waals surface area contributed by atoms with Gasteiger partial charge in [0.1, 0.15) is 28.6 Å². The van der Waals surface area contributed by atoms with Crippen LogP contribution in [0.4, 0.5) is 27.6 Å². The van der Waals surface area contributed by atoms with Gasteiger partial charge >= 0.3 is 6.18 Å². The molecule has 0 saturated carbocycles. The summed E-state index contributed by atoms with van der Waals surface area (Å²) in [6.45, 7) is 0. The van der Waals surface area contributed by atoms with Crippen LogP contribution in [0, 0.1) is 11.6 Å². The number of aromatic nitrogens is 2. The normalized spacial score (nSPS) is 15.5. The number of nitrogens with zero attached hydrogens (tertiary/aromatic N) is 1. The average Bonchev–Trinajstić information content (AvgIpc) is 3.35. The van der Waals surface area contributed by atoms with Gasteiger partial charge in [-0.2, -0.15) is 13.2 Å². The first-order valence-corrected chi connectivity index (χ1v) is 13.5. The Bertz CT molecular complexity index is 1670. The van der Waals surface area contributed by atoms with Crippen molar-refractivity contribution in [1.82, 2.24) is 9.97 Å². The van der Waals surface area contributed by atoms with Gasteiger partial charge in [-0.05, 0) is 54.8 Å². The van der Waals surface area contributed by atoms with E-state index in [9.17, 15) is 17.4 Å². The van der Waals surface area contributed by atoms with Crippen LogP contribution < -0.4 is 4.72 Å². The first-order valence-electron chi connectivity index (χ1n) is 12.0. The lowest BCUT2D eigenvalue weighted by Crippen LogP contribution is -2.17. The summed E-state index contributed by atoms with van der Waals surface area (Å²) in [5.41, 5.74) is 1.01. The molecular formula is C28H21ClF5N3O2S. The molecular weight excluding hydrogens is 573 g/mol. The number of aromatic amines is 1. The van der Waals surface area contributed by atoms with Gasteiger partial charge < -0.3 is 9.72 Å². The number of pyridine rings is 1. The highest BCUT2D eigenvalue weighted by molar-refractivity contribution is 7.90. The molecule has 2 unspecified atom stereocenters. The monoisotopic (exact) mass is 593 g/mol. The molecule has 2 atom stereocenters. The van der Waals surface area contributed by atoms with Crippen LogP contribution >= 0.6 is 11.6 Å². The Morgan fingerprint density at radius 2 is 1.82 bits per heavy atom. The van der Waals surface area contributed by atoms with Gasteiger partial charge in [0.05, 0.1) is 11.3 Å². The number of allylic oxidation sites excluding steroid dienone is 4. The third kappa shape index (κ3) is 5.54. The maximum absolute atomic E-state index is 15.8. The summed E-state index contributed by atoms with van der Waals surface area (Å²) in [4.78, 5) is 7.56. The van der Waals surface area contributed by atoms with Gasteiger partial charge in [-0.25, -0.2) is 18.0 Å². The van der Waals surface area contributed by atoms with E-state index < -0.39 is 46.0 Å². The molecule has 0 amide bonds. The maximum Gasteiger partial charge on any atom is 0.412 e. The number of rotatable bonds is 7. The average molecular weight is 594 g/mol. The van der Waals surface area contributed by atoms with Gasteiger partial charge in [-0.1, -0.05) is 29.8 Å². The number of halogens is 6. The summed E-state index contributed by atoms with van der Waals surface area (Å²) in [5, 5.41) is 1.14. The zero-order chi connectivity index (χ0) is 28.6. The van der Waals surface area contributed by atoms with Gasteiger partial charge in [-0.3, -0.25) is 4.72 Å². The Labute approximate surface area is 233 Å². The van der Waals surface area contributed by atoms with Crippen molar-refractivity contribution >= 4 is 39.3 Å². The number of hydrogen-bond donors (Lipinski definition) is 2. The third-order valence-corrected chi connectivity index (χ3v) is 8.04. The molecule has 0 spiro atoms. The SMILES string of the molecule is COC(c1c(F)ccc(NS(=O)C2=CC=C(C(F)(F)F)CC2)c1F)c1c[nH]c2ncc(-c3ccc(Cl)cc3)cc12. The van der Waals surface area contributed by atoms with Crippen LogP contribution in [0.25, 0.3) is 22.2 Å². The van der Waals surface area contributed by atoms with Crippen molar-refractivity contribution in [2.45, 2.75) is 25.1 Å². The molecule has 0 radical (unpaired) electrons. The lowest BCUT2D eigenvalue weighted by atomic mass is 9.98. The van der Waals surface area contributed by atoms with Crippen molar-refractivity contribution in [3.8, 4) is 11.1 Å². The topological polar surface area (TPSA) is 67.0 Å². The molecule has 0 saturated heterocycles. The van der Waals surface area contributed by atoms with Crippen LogP contribution in [0.5, 0.6) is 0 Å². The zero-order valence-corrected chi connectivity index (χ0v) is 22.4. The molecule has 1 aliphatic carbocycles. The number of ether oxygens (including phenoxy) is 1. The fourth-order valence-electron chi connectivity index (χ4n) is 4.50. The maximum atomic E-state index is 15.8. The number of benzene rings is 2. The minimum Gasteiger partial charge on any atom is -0.372 e. The first-order chi connectivity index (χ1) is 19.1. The van der Waals surface area contributed by atoms with E-state index in [0.29, 0.717) is 21.6 Å². The Morgan fingerprint density at radius 3 is 2.48 bits per heavy atom. The molecule has 5 rings (SSSR count). The van der Waals surface area contributed by atoms with Crippen molar-refractivity contribution in [3.63, 3.8) is 0 Å². The molecule has 2 heterocycles. The van der Waals surface area contributed by atoms with E-state index in [-0.39, 0.29) is 23.4 Å². The molecule has 2 N–H and O–H groups in total. The summed E-state index contributed by atoms with van der Waals surface area (Å²) in [5.74, 6) is -1.94. The zero-order valence-electron chi connectivity index (χ0n) is 20.8. The Balaban J connectivity index is 1.48. The lowest BCUT2D eigenvalue weighted by Gasteiger charge is -2.20. The number of alkyl halides is 3. The quantitative estimate of drug-likeness (QED) is 0.213. The number of methoxy groups -OCH3 is 1. The van der Waals surface area contributed by atoms with E-state index in [1.165, 1.54) is 7.11 Å². The van der Waals surface area contributed by atoms with E-state index >= 15 is 8.78 Å². The van der Waals surface area contributed by atoms with E-state index in [1.54, 1.807) is 24.5 Å². The molecule has 5 nitrogen and oxygen atoms in total. The number of anilines is 1. The van der Waals surface area contributed by atoms with E-state index in [4.69, 9.17) is 16.3 Å². The highest BCUT2D eigenvalue weighted by atomic mass is 35.5. The molecule has 0 bridgehead atoms.